The molecule has 1 fully saturated rings. The molecule has 1 aliphatic rings. The Morgan fingerprint density at radius 1 is 1.21 bits per heavy atom. The van der Waals surface area contributed by atoms with Crippen molar-refractivity contribution in [2.24, 2.45) is 5.92 Å². The van der Waals surface area contributed by atoms with Crippen molar-refractivity contribution in [1.82, 2.24) is 5.32 Å². The lowest BCUT2D eigenvalue weighted by molar-refractivity contribution is 0.326. The Morgan fingerprint density at radius 3 is 2.47 bits per heavy atom. The van der Waals surface area contributed by atoms with Crippen LogP contribution in [0.5, 0.6) is 5.75 Å². The van der Waals surface area contributed by atoms with Crippen molar-refractivity contribution in [2.45, 2.75) is 44.6 Å². The largest absolute Gasteiger partial charge is 0.496 e. The first-order chi connectivity index (χ1) is 9.26. The third-order valence-corrected chi connectivity index (χ3v) is 4.70. The minimum Gasteiger partial charge on any atom is -0.496 e. The summed E-state index contributed by atoms with van der Waals surface area (Å²) in [5.74, 6) is 1.71. The lowest BCUT2D eigenvalue weighted by Gasteiger charge is -2.27. The van der Waals surface area contributed by atoms with Crippen LogP contribution >= 0.6 is 15.9 Å². The molecule has 19 heavy (non-hydrogen) atoms. The number of methoxy groups -OCH3 is 1. The zero-order chi connectivity index (χ0) is 13.7. The van der Waals surface area contributed by atoms with E-state index in [4.69, 9.17) is 4.74 Å². The smallest absolute Gasteiger partial charge is 0.123 e. The predicted molar refractivity (Wildman–Crippen MR) is 83.7 cm³/mol. The Kier molecular flexibility index (Phi) is 5.71. The topological polar surface area (TPSA) is 21.3 Å². The predicted octanol–water partition coefficient (Wildman–Crippen LogP) is 4.69. The van der Waals surface area contributed by atoms with E-state index < -0.39 is 0 Å². The van der Waals surface area contributed by atoms with Crippen LogP contribution in [0.4, 0.5) is 0 Å². The number of hydrogen-bond donors (Lipinski definition) is 1. The van der Waals surface area contributed by atoms with E-state index in [0.717, 1.165) is 16.1 Å². The van der Waals surface area contributed by atoms with E-state index in [0.29, 0.717) is 6.04 Å². The van der Waals surface area contributed by atoms with Gasteiger partial charge in [0.1, 0.15) is 5.75 Å². The second-order valence-electron chi connectivity index (χ2n) is 5.40. The van der Waals surface area contributed by atoms with E-state index in [9.17, 15) is 0 Å². The molecular weight excluding hydrogens is 302 g/mol. The van der Waals surface area contributed by atoms with Crippen LogP contribution in [-0.4, -0.2) is 14.2 Å². The van der Waals surface area contributed by atoms with Gasteiger partial charge in [0.05, 0.1) is 7.11 Å². The molecule has 0 radical (unpaired) electrons. The van der Waals surface area contributed by atoms with Crippen molar-refractivity contribution in [2.75, 3.05) is 14.2 Å². The summed E-state index contributed by atoms with van der Waals surface area (Å²) in [6.07, 6.45) is 8.14. The number of hydrogen-bond acceptors (Lipinski definition) is 2. The molecule has 1 N–H and O–H groups in total. The van der Waals surface area contributed by atoms with Crippen molar-refractivity contribution in [3.05, 3.63) is 28.2 Å². The molecule has 1 aliphatic carbocycles. The lowest BCUT2D eigenvalue weighted by atomic mass is 9.87. The van der Waals surface area contributed by atoms with Crippen LogP contribution in [-0.2, 0) is 0 Å². The second kappa shape index (κ2) is 7.30. The molecule has 1 aromatic carbocycles. The maximum atomic E-state index is 5.54. The second-order valence-corrected chi connectivity index (χ2v) is 6.32. The third-order valence-electron chi connectivity index (χ3n) is 4.21. The zero-order valence-electron chi connectivity index (χ0n) is 11.9. The van der Waals surface area contributed by atoms with Gasteiger partial charge in [-0.05, 0) is 44.0 Å². The van der Waals surface area contributed by atoms with Crippen molar-refractivity contribution in [1.29, 1.82) is 0 Å². The van der Waals surface area contributed by atoms with Crippen molar-refractivity contribution >= 4 is 15.9 Å². The summed E-state index contributed by atoms with van der Waals surface area (Å²) in [6, 6.07) is 6.69. The van der Waals surface area contributed by atoms with E-state index in [-0.39, 0.29) is 0 Å². The van der Waals surface area contributed by atoms with Crippen LogP contribution in [0.2, 0.25) is 0 Å². The van der Waals surface area contributed by atoms with Gasteiger partial charge in [-0.1, -0.05) is 41.6 Å². The molecule has 0 spiro atoms. The van der Waals surface area contributed by atoms with Gasteiger partial charge < -0.3 is 10.1 Å². The average Bonchev–Trinajstić information content (AvgIpc) is 2.69. The maximum absolute atomic E-state index is 5.54. The van der Waals surface area contributed by atoms with Gasteiger partial charge in [0.2, 0.25) is 0 Å². The highest BCUT2D eigenvalue weighted by Gasteiger charge is 2.25. The van der Waals surface area contributed by atoms with E-state index in [1.54, 1.807) is 7.11 Å². The average molecular weight is 326 g/mol. The Bertz CT molecular complexity index is 400. The highest BCUT2D eigenvalue weighted by Crippen LogP contribution is 2.38. The van der Waals surface area contributed by atoms with E-state index >= 15 is 0 Å². The Labute approximate surface area is 125 Å². The molecule has 0 saturated heterocycles. The van der Waals surface area contributed by atoms with Gasteiger partial charge in [-0.25, -0.2) is 0 Å². The SMILES string of the molecule is CNC(c1cc(Br)ccc1OC)C1CCCCCC1. The summed E-state index contributed by atoms with van der Waals surface area (Å²) in [7, 11) is 3.82. The van der Waals surface area contributed by atoms with Gasteiger partial charge in [-0.15, -0.1) is 0 Å². The number of nitrogens with one attached hydrogen (secondary N) is 1. The number of ether oxygens (including phenoxy) is 1. The molecule has 1 aromatic rings. The van der Waals surface area contributed by atoms with Gasteiger partial charge in [-0.2, -0.15) is 0 Å². The summed E-state index contributed by atoms with van der Waals surface area (Å²) in [5, 5.41) is 3.52. The van der Waals surface area contributed by atoms with Crippen LogP contribution in [0.25, 0.3) is 0 Å². The number of benzene rings is 1. The standard InChI is InChI=1S/C16H24BrNO/c1-18-16(12-7-5-3-4-6-8-12)14-11-13(17)9-10-15(14)19-2/h9-12,16,18H,3-8H2,1-2H3. The lowest BCUT2D eigenvalue weighted by Crippen LogP contribution is -2.25. The first-order valence-corrected chi connectivity index (χ1v) is 8.06. The van der Waals surface area contributed by atoms with E-state index in [2.05, 4.69) is 40.4 Å². The van der Waals surface area contributed by atoms with Gasteiger partial charge in [-0.3, -0.25) is 0 Å². The summed E-state index contributed by atoms with van der Waals surface area (Å²) in [6.45, 7) is 0. The normalized spacial score (nSPS) is 18.9. The molecule has 0 heterocycles. The quantitative estimate of drug-likeness (QED) is 0.811. The van der Waals surface area contributed by atoms with Crippen molar-refractivity contribution < 1.29 is 4.74 Å². The fraction of sp³-hybridized carbons (Fsp3) is 0.625. The molecule has 2 nitrogen and oxygen atoms in total. The highest BCUT2D eigenvalue weighted by atomic mass is 79.9. The van der Waals surface area contributed by atoms with Crippen molar-refractivity contribution in [3.63, 3.8) is 0 Å². The van der Waals surface area contributed by atoms with E-state index in [1.165, 1.54) is 44.1 Å². The number of rotatable bonds is 4. The Morgan fingerprint density at radius 2 is 1.89 bits per heavy atom. The van der Waals surface area contributed by atoms with Crippen LogP contribution in [0.15, 0.2) is 22.7 Å². The maximum Gasteiger partial charge on any atom is 0.123 e. The molecule has 0 aliphatic heterocycles. The van der Waals surface area contributed by atoms with Crippen LogP contribution in [0, 0.1) is 5.92 Å². The third kappa shape index (κ3) is 3.73. The van der Waals surface area contributed by atoms with Gasteiger partial charge >= 0.3 is 0 Å². The Balaban J connectivity index is 2.26. The molecule has 0 amide bonds. The zero-order valence-corrected chi connectivity index (χ0v) is 13.5. The summed E-state index contributed by atoms with van der Waals surface area (Å²) >= 11 is 3.58. The summed E-state index contributed by atoms with van der Waals surface area (Å²) in [4.78, 5) is 0. The van der Waals surface area contributed by atoms with Crippen LogP contribution in [0.3, 0.4) is 0 Å². The molecule has 1 saturated carbocycles. The van der Waals surface area contributed by atoms with E-state index in [1.807, 2.05) is 6.07 Å². The first kappa shape index (κ1) is 14.9. The Hall–Kier alpha value is -0.540. The first-order valence-electron chi connectivity index (χ1n) is 7.27. The molecular formula is C16H24BrNO. The number of halogens is 1. The monoisotopic (exact) mass is 325 g/mol. The molecule has 2 rings (SSSR count). The van der Waals surface area contributed by atoms with Gasteiger partial charge in [0.25, 0.3) is 0 Å². The molecule has 1 atom stereocenters. The van der Waals surface area contributed by atoms with Gasteiger partial charge in [0.15, 0.2) is 0 Å². The summed E-state index contributed by atoms with van der Waals surface area (Å²) < 4.78 is 6.67. The van der Waals surface area contributed by atoms with Crippen LogP contribution in [0.1, 0.15) is 50.1 Å². The molecule has 106 valence electrons. The molecule has 0 aromatic heterocycles. The molecule has 0 bridgehead atoms. The van der Waals surface area contributed by atoms with Gasteiger partial charge in [0, 0.05) is 16.1 Å². The van der Waals surface area contributed by atoms with Crippen molar-refractivity contribution in [3.8, 4) is 5.75 Å². The molecule has 1 unspecified atom stereocenters. The minimum absolute atomic E-state index is 0.394. The van der Waals surface area contributed by atoms with Crippen LogP contribution < -0.4 is 10.1 Å². The fourth-order valence-electron chi connectivity index (χ4n) is 3.24. The summed E-state index contributed by atoms with van der Waals surface area (Å²) in [5.41, 5.74) is 1.28. The fourth-order valence-corrected chi connectivity index (χ4v) is 3.62. The molecule has 3 heteroatoms. The minimum atomic E-state index is 0.394. The highest BCUT2D eigenvalue weighted by molar-refractivity contribution is 9.10.